The first-order valence-electron chi connectivity index (χ1n) is 13.3. The van der Waals surface area contributed by atoms with Crippen molar-refractivity contribution < 1.29 is 8.78 Å². The molecule has 0 saturated carbocycles. The summed E-state index contributed by atoms with van der Waals surface area (Å²) in [6.45, 7) is 1.82. The Morgan fingerprint density at radius 3 is 2.57 bits per heavy atom. The monoisotopic (exact) mass is 604 g/mol. The van der Waals surface area contributed by atoms with Crippen molar-refractivity contribution in [2.75, 3.05) is 23.7 Å². The molecule has 1 fully saturated rings. The quantitative estimate of drug-likeness (QED) is 0.181. The van der Waals surface area contributed by atoms with E-state index in [0.29, 0.717) is 38.7 Å². The summed E-state index contributed by atoms with van der Waals surface area (Å²) in [5.41, 5.74) is 3.66. The first-order chi connectivity index (χ1) is 20.4. The molecule has 12 heteroatoms. The molecule has 0 amide bonds. The van der Waals surface area contributed by atoms with Crippen LogP contribution in [-0.4, -0.2) is 33.1 Å². The number of fused-ring (bicyclic) bond motifs is 1. The van der Waals surface area contributed by atoms with Crippen LogP contribution in [0.2, 0.25) is 10.0 Å². The number of piperidine rings is 1. The minimum atomic E-state index is -0.555. The van der Waals surface area contributed by atoms with Crippen LogP contribution in [-0.2, 0) is 0 Å². The fourth-order valence-electron chi connectivity index (χ4n) is 5.13. The molecule has 0 aliphatic carbocycles. The lowest BCUT2D eigenvalue weighted by molar-refractivity contribution is 0.337. The Balaban J connectivity index is 1.43. The predicted molar refractivity (Wildman–Crippen MR) is 159 cm³/mol. The van der Waals surface area contributed by atoms with Gasteiger partial charge in [0.15, 0.2) is 0 Å². The Morgan fingerprint density at radius 2 is 1.83 bits per heavy atom. The van der Waals surface area contributed by atoms with E-state index in [1.807, 2.05) is 10.9 Å². The Hall–Kier alpha value is -4.30. The van der Waals surface area contributed by atoms with Crippen LogP contribution in [0.5, 0.6) is 0 Å². The number of anilines is 3. The van der Waals surface area contributed by atoms with Crippen molar-refractivity contribution in [1.29, 1.82) is 5.26 Å². The highest BCUT2D eigenvalue weighted by atomic mass is 35.5. The van der Waals surface area contributed by atoms with Crippen molar-refractivity contribution in [2.24, 2.45) is 0 Å². The van der Waals surface area contributed by atoms with Gasteiger partial charge < -0.3 is 16.0 Å². The van der Waals surface area contributed by atoms with Crippen molar-refractivity contribution in [3.63, 3.8) is 0 Å². The molecule has 0 bridgehead atoms. The number of nitrogens with zero attached hydrogens (tertiary/aromatic N) is 5. The molecule has 3 N–H and O–H groups in total. The van der Waals surface area contributed by atoms with Crippen LogP contribution in [0.4, 0.5) is 25.8 Å². The van der Waals surface area contributed by atoms with Crippen LogP contribution in [0.25, 0.3) is 10.9 Å². The Kier molecular flexibility index (Phi) is 7.89. The molecule has 1 atom stereocenters. The first kappa shape index (κ1) is 27.8. The van der Waals surface area contributed by atoms with Gasteiger partial charge in [-0.3, -0.25) is 4.98 Å². The molecule has 5 aromatic rings. The number of benzene rings is 3. The Labute approximate surface area is 250 Å². The van der Waals surface area contributed by atoms with Crippen LogP contribution < -0.4 is 16.0 Å². The summed E-state index contributed by atoms with van der Waals surface area (Å²) < 4.78 is 29.6. The maximum Gasteiger partial charge on any atom is 0.141 e. The zero-order valence-corrected chi connectivity index (χ0v) is 23.6. The van der Waals surface area contributed by atoms with Crippen LogP contribution in [0.1, 0.15) is 41.7 Å². The van der Waals surface area contributed by atoms with Crippen molar-refractivity contribution in [2.45, 2.75) is 24.9 Å². The predicted octanol–water partition coefficient (Wildman–Crippen LogP) is 7.15. The van der Waals surface area contributed by atoms with Crippen molar-refractivity contribution in [1.82, 2.24) is 25.3 Å². The second-order valence-electron chi connectivity index (χ2n) is 10.00. The highest BCUT2D eigenvalue weighted by Gasteiger charge is 2.24. The van der Waals surface area contributed by atoms with Gasteiger partial charge in [0.1, 0.15) is 23.4 Å². The molecule has 8 nitrogen and oxygen atoms in total. The van der Waals surface area contributed by atoms with Gasteiger partial charge in [-0.05, 0) is 74.0 Å². The third kappa shape index (κ3) is 5.72. The van der Waals surface area contributed by atoms with E-state index in [2.05, 4.69) is 37.3 Å². The van der Waals surface area contributed by atoms with E-state index in [0.717, 1.165) is 31.5 Å². The number of halogens is 4. The molecule has 2 aromatic heterocycles. The minimum absolute atomic E-state index is 0.0584. The molecule has 3 heterocycles. The molecule has 42 heavy (non-hydrogen) atoms. The van der Waals surface area contributed by atoms with Crippen molar-refractivity contribution >= 4 is 51.2 Å². The van der Waals surface area contributed by atoms with Gasteiger partial charge in [-0.1, -0.05) is 40.5 Å². The summed E-state index contributed by atoms with van der Waals surface area (Å²) in [5.74, 6) is -0.910. The summed E-state index contributed by atoms with van der Waals surface area (Å²) in [4.78, 5) is 4.58. The maximum absolute atomic E-state index is 13.9. The molecule has 3 aromatic carbocycles. The fraction of sp³-hybridized carbons (Fsp3) is 0.200. The minimum Gasteiger partial charge on any atom is -0.371 e. The summed E-state index contributed by atoms with van der Waals surface area (Å²) in [7, 11) is 0. The molecule has 0 radical (unpaired) electrons. The average molecular weight is 605 g/mol. The zero-order valence-electron chi connectivity index (χ0n) is 22.1. The summed E-state index contributed by atoms with van der Waals surface area (Å²) in [6, 6.07) is 15.7. The molecule has 212 valence electrons. The van der Waals surface area contributed by atoms with E-state index in [1.54, 1.807) is 24.3 Å². The Morgan fingerprint density at radius 1 is 1.05 bits per heavy atom. The SMILES string of the molecule is N#Cc1cnc2c(N[C@@H](c3ccc(F)cc3)c3cn(C4CCNCC4)nn3)cc(Cl)cc2c1Nc1ccc(F)c(Cl)c1. The highest BCUT2D eigenvalue weighted by molar-refractivity contribution is 6.32. The van der Waals surface area contributed by atoms with E-state index in [4.69, 9.17) is 23.2 Å². The molecule has 1 aliphatic heterocycles. The Bertz CT molecular complexity index is 1800. The van der Waals surface area contributed by atoms with Gasteiger partial charge >= 0.3 is 0 Å². The topological polar surface area (TPSA) is 103 Å². The van der Waals surface area contributed by atoms with Gasteiger partial charge in [0.25, 0.3) is 0 Å². The van der Waals surface area contributed by atoms with E-state index in [1.165, 1.54) is 36.5 Å². The van der Waals surface area contributed by atoms with Gasteiger partial charge in [-0.25, -0.2) is 13.5 Å². The van der Waals surface area contributed by atoms with Crippen LogP contribution in [0.3, 0.4) is 0 Å². The van der Waals surface area contributed by atoms with E-state index < -0.39 is 11.9 Å². The van der Waals surface area contributed by atoms with Gasteiger partial charge in [-0.15, -0.1) is 5.10 Å². The molecule has 1 aliphatic rings. The number of aromatic nitrogens is 4. The van der Waals surface area contributed by atoms with Gasteiger partial charge in [0.2, 0.25) is 0 Å². The molecule has 6 rings (SSSR count). The number of pyridine rings is 1. The number of hydrogen-bond acceptors (Lipinski definition) is 7. The van der Waals surface area contributed by atoms with Crippen LogP contribution in [0, 0.1) is 23.0 Å². The molecule has 0 unspecified atom stereocenters. The number of rotatable bonds is 7. The lowest BCUT2D eigenvalue weighted by Gasteiger charge is -2.23. The molecule has 0 spiro atoms. The lowest BCUT2D eigenvalue weighted by atomic mass is 10.0. The van der Waals surface area contributed by atoms with E-state index >= 15 is 0 Å². The highest BCUT2D eigenvalue weighted by Crippen LogP contribution is 2.38. The summed E-state index contributed by atoms with van der Waals surface area (Å²) >= 11 is 12.6. The maximum atomic E-state index is 13.9. The van der Waals surface area contributed by atoms with Gasteiger partial charge in [-0.2, -0.15) is 5.26 Å². The van der Waals surface area contributed by atoms with Crippen LogP contribution >= 0.6 is 23.2 Å². The molecule has 1 saturated heterocycles. The number of nitrogens with one attached hydrogen (secondary N) is 3. The van der Waals surface area contributed by atoms with E-state index in [9.17, 15) is 14.0 Å². The third-order valence-electron chi connectivity index (χ3n) is 7.26. The largest absolute Gasteiger partial charge is 0.371 e. The van der Waals surface area contributed by atoms with Crippen molar-refractivity contribution in [3.8, 4) is 6.07 Å². The smallest absolute Gasteiger partial charge is 0.141 e. The standard InChI is InChI=1S/C30H24Cl2F2N8/c31-19-11-23-28(38-21-5-6-25(34)24(32)13-21)18(14-35)15-37-30(23)26(12-19)39-29(17-1-3-20(33)4-2-17)27-16-42(41-40-27)22-7-9-36-10-8-22/h1-6,11-13,15-16,22,29,36,39H,7-10H2,(H,37,38)/t29-/m0/s1. The van der Waals surface area contributed by atoms with Gasteiger partial charge in [0, 0.05) is 22.3 Å². The van der Waals surface area contributed by atoms with Crippen LogP contribution in [0.15, 0.2) is 67.0 Å². The average Bonchev–Trinajstić information content (AvgIpc) is 3.49. The number of nitriles is 1. The summed E-state index contributed by atoms with van der Waals surface area (Å²) in [5, 5.41) is 29.7. The molecular formula is C30H24Cl2F2N8. The second kappa shape index (κ2) is 11.9. The normalized spacial score (nSPS) is 14.5. The van der Waals surface area contributed by atoms with Crippen molar-refractivity contribution in [3.05, 3.63) is 105 Å². The van der Waals surface area contributed by atoms with E-state index in [-0.39, 0.29) is 22.4 Å². The fourth-order valence-corrected chi connectivity index (χ4v) is 5.53. The van der Waals surface area contributed by atoms with Gasteiger partial charge in [0.05, 0.1) is 45.8 Å². The third-order valence-corrected chi connectivity index (χ3v) is 7.76. The summed E-state index contributed by atoms with van der Waals surface area (Å²) in [6.07, 6.45) is 5.25. The number of hydrogen-bond donors (Lipinski definition) is 3. The first-order valence-corrected chi connectivity index (χ1v) is 14.0. The zero-order chi connectivity index (χ0) is 29.2. The molecular weight excluding hydrogens is 581 g/mol. The lowest BCUT2D eigenvalue weighted by Crippen LogP contribution is -2.29. The second-order valence-corrected chi connectivity index (χ2v) is 10.8.